The molecule has 0 aromatic heterocycles. The predicted molar refractivity (Wildman–Crippen MR) is 67.6 cm³/mol. The molecule has 2 atom stereocenters. The molecule has 0 saturated carbocycles. The van der Waals surface area contributed by atoms with Crippen molar-refractivity contribution in [1.29, 1.82) is 0 Å². The number of hydrogen-bond acceptors (Lipinski definition) is 2. The van der Waals surface area contributed by atoms with E-state index in [-0.39, 0.29) is 11.5 Å². The third-order valence-electron chi connectivity index (χ3n) is 3.63. The normalized spacial score (nSPS) is 25.8. The molecule has 5 heteroatoms. The van der Waals surface area contributed by atoms with E-state index in [1.807, 2.05) is 4.90 Å². The average molecular weight is 266 g/mol. The first-order valence-electron chi connectivity index (χ1n) is 6.64. The van der Waals surface area contributed by atoms with Gasteiger partial charge in [-0.1, -0.05) is 20.8 Å². The van der Waals surface area contributed by atoms with Crippen molar-refractivity contribution in [2.75, 3.05) is 19.6 Å². The highest BCUT2D eigenvalue weighted by Gasteiger charge is 2.35. The molecule has 0 aromatic rings. The zero-order chi connectivity index (χ0) is 14.0. The van der Waals surface area contributed by atoms with E-state index in [2.05, 4.69) is 26.1 Å². The van der Waals surface area contributed by atoms with Crippen LogP contribution in [0.4, 0.5) is 13.2 Å². The van der Waals surface area contributed by atoms with E-state index in [0.29, 0.717) is 6.54 Å². The molecule has 2 nitrogen and oxygen atoms in total. The van der Waals surface area contributed by atoms with Crippen molar-refractivity contribution in [2.45, 2.75) is 58.8 Å². The molecule has 1 fully saturated rings. The lowest BCUT2D eigenvalue weighted by atomic mass is 9.86. The van der Waals surface area contributed by atoms with Crippen LogP contribution in [0.3, 0.4) is 0 Å². The molecule has 0 amide bonds. The summed E-state index contributed by atoms with van der Waals surface area (Å²) in [6.07, 6.45) is -3.88. The Bertz CT molecular complexity index is 258. The van der Waals surface area contributed by atoms with Gasteiger partial charge in [0.1, 0.15) is 0 Å². The van der Waals surface area contributed by atoms with E-state index in [4.69, 9.17) is 0 Å². The zero-order valence-electron chi connectivity index (χ0n) is 11.8. The Hall–Kier alpha value is -0.290. The molecule has 0 bridgehead atoms. The van der Waals surface area contributed by atoms with Crippen molar-refractivity contribution in [1.82, 2.24) is 10.2 Å². The van der Waals surface area contributed by atoms with Gasteiger partial charge in [0.05, 0.1) is 6.42 Å². The van der Waals surface area contributed by atoms with Gasteiger partial charge in [-0.2, -0.15) is 13.2 Å². The summed E-state index contributed by atoms with van der Waals surface area (Å²) in [5, 5.41) is 3.45. The Balaban J connectivity index is 2.64. The van der Waals surface area contributed by atoms with Gasteiger partial charge in [0.15, 0.2) is 0 Å². The van der Waals surface area contributed by atoms with E-state index in [9.17, 15) is 13.2 Å². The molecule has 1 heterocycles. The van der Waals surface area contributed by atoms with Gasteiger partial charge in [-0.25, -0.2) is 0 Å². The second-order valence-electron chi connectivity index (χ2n) is 6.39. The molecular formula is C13H25F3N2. The van der Waals surface area contributed by atoms with Crippen molar-refractivity contribution in [3.8, 4) is 0 Å². The second kappa shape index (κ2) is 5.78. The van der Waals surface area contributed by atoms with Crippen LogP contribution in [0.15, 0.2) is 0 Å². The molecular weight excluding hydrogens is 241 g/mol. The van der Waals surface area contributed by atoms with Gasteiger partial charge in [0.2, 0.25) is 0 Å². The highest BCUT2D eigenvalue weighted by molar-refractivity contribution is 4.87. The number of rotatable bonds is 2. The van der Waals surface area contributed by atoms with Crippen LogP contribution in [0, 0.1) is 5.41 Å². The minimum atomic E-state index is -4.07. The minimum Gasteiger partial charge on any atom is -0.312 e. The second-order valence-corrected chi connectivity index (χ2v) is 6.39. The summed E-state index contributed by atoms with van der Waals surface area (Å²) in [6, 6.07) is -0.189. The van der Waals surface area contributed by atoms with Gasteiger partial charge in [-0.3, -0.25) is 4.90 Å². The monoisotopic (exact) mass is 266 g/mol. The topological polar surface area (TPSA) is 15.3 Å². The van der Waals surface area contributed by atoms with E-state index in [1.165, 1.54) is 0 Å². The summed E-state index contributed by atoms with van der Waals surface area (Å²) in [4.78, 5) is 1.98. The maximum Gasteiger partial charge on any atom is 0.390 e. The highest BCUT2D eigenvalue weighted by atomic mass is 19.4. The van der Waals surface area contributed by atoms with Crippen LogP contribution in [0.1, 0.15) is 40.5 Å². The number of nitrogens with one attached hydrogen (secondary N) is 1. The molecule has 1 N–H and O–H groups in total. The molecule has 0 aliphatic carbocycles. The van der Waals surface area contributed by atoms with Gasteiger partial charge in [-0.15, -0.1) is 0 Å². The average Bonchev–Trinajstić information content (AvgIpc) is 2.38. The number of nitrogens with zero attached hydrogens (tertiary/aromatic N) is 1. The van der Waals surface area contributed by atoms with Crippen molar-refractivity contribution in [3.63, 3.8) is 0 Å². The van der Waals surface area contributed by atoms with Gasteiger partial charge >= 0.3 is 6.18 Å². The fourth-order valence-corrected chi connectivity index (χ4v) is 2.39. The lowest BCUT2D eigenvalue weighted by molar-refractivity contribution is -0.146. The Morgan fingerprint density at radius 3 is 2.39 bits per heavy atom. The molecule has 1 rings (SSSR count). The largest absolute Gasteiger partial charge is 0.390 e. The molecule has 2 unspecified atom stereocenters. The lowest BCUT2D eigenvalue weighted by Crippen LogP contribution is -2.48. The van der Waals surface area contributed by atoms with Crippen molar-refractivity contribution < 1.29 is 13.2 Å². The Kier molecular flexibility index (Phi) is 5.06. The van der Waals surface area contributed by atoms with E-state index < -0.39 is 18.6 Å². The predicted octanol–water partition coefficient (Wildman–Crippen LogP) is 3.04. The van der Waals surface area contributed by atoms with Crippen LogP contribution in [0.5, 0.6) is 0 Å². The van der Waals surface area contributed by atoms with Crippen molar-refractivity contribution in [2.24, 2.45) is 5.41 Å². The molecule has 0 aromatic carbocycles. The minimum absolute atomic E-state index is 0.0700. The molecule has 0 radical (unpaired) electrons. The fourth-order valence-electron chi connectivity index (χ4n) is 2.39. The van der Waals surface area contributed by atoms with Gasteiger partial charge in [0.25, 0.3) is 0 Å². The van der Waals surface area contributed by atoms with Crippen LogP contribution >= 0.6 is 0 Å². The summed E-state index contributed by atoms with van der Waals surface area (Å²) < 4.78 is 37.4. The maximum absolute atomic E-state index is 12.5. The SMILES string of the molecule is CC(CC(F)(F)F)N1CCCNC(C(C)(C)C)C1. The smallest absolute Gasteiger partial charge is 0.312 e. The zero-order valence-corrected chi connectivity index (χ0v) is 11.8. The maximum atomic E-state index is 12.5. The third-order valence-corrected chi connectivity index (χ3v) is 3.63. The van der Waals surface area contributed by atoms with Gasteiger partial charge < -0.3 is 5.32 Å². The van der Waals surface area contributed by atoms with Crippen LogP contribution in [-0.2, 0) is 0 Å². The van der Waals surface area contributed by atoms with Crippen molar-refractivity contribution in [3.05, 3.63) is 0 Å². The van der Waals surface area contributed by atoms with E-state index >= 15 is 0 Å². The molecule has 1 aliphatic rings. The lowest BCUT2D eigenvalue weighted by Gasteiger charge is -2.36. The van der Waals surface area contributed by atoms with E-state index in [1.54, 1.807) is 6.92 Å². The Labute approximate surface area is 108 Å². The summed E-state index contributed by atoms with van der Waals surface area (Å²) >= 11 is 0. The molecule has 1 aliphatic heterocycles. The first kappa shape index (κ1) is 15.8. The van der Waals surface area contributed by atoms with Crippen LogP contribution < -0.4 is 5.32 Å². The molecule has 0 spiro atoms. The Morgan fingerprint density at radius 1 is 1.28 bits per heavy atom. The number of alkyl halides is 3. The molecule has 1 saturated heterocycles. The summed E-state index contributed by atoms with van der Waals surface area (Å²) in [5.41, 5.74) is 0.0700. The standard InChI is InChI=1S/C13H25F3N2/c1-10(8-13(14,15)16)18-7-5-6-17-11(9-18)12(2,3)4/h10-11,17H,5-9H2,1-4H3. The van der Waals surface area contributed by atoms with Crippen LogP contribution in [-0.4, -0.2) is 42.8 Å². The number of halogens is 3. The van der Waals surface area contributed by atoms with E-state index in [0.717, 1.165) is 19.5 Å². The first-order chi connectivity index (χ1) is 8.09. The summed E-state index contributed by atoms with van der Waals surface area (Å²) in [5.74, 6) is 0. The van der Waals surface area contributed by atoms with Crippen LogP contribution in [0.2, 0.25) is 0 Å². The fraction of sp³-hybridized carbons (Fsp3) is 1.00. The van der Waals surface area contributed by atoms with Crippen LogP contribution in [0.25, 0.3) is 0 Å². The highest BCUT2D eigenvalue weighted by Crippen LogP contribution is 2.27. The summed E-state index contributed by atoms with van der Waals surface area (Å²) in [7, 11) is 0. The third kappa shape index (κ3) is 5.14. The summed E-state index contributed by atoms with van der Waals surface area (Å²) in [6.45, 7) is 10.4. The van der Waals surface area contributed by atoms with Crippen molar-refractivity contribution >= 4 is 0 Å². The number of hydrogen-bond donors (Lipinski definition) is 1. The Morgan fingerprint density at radius 2 is 1.89 bits per heavy atom. The van der Waals surface area contributed by atoms with Gasteiger partial charge in [-0.05, 0) is 31.8 Å². The quantitative estimate of drug-likeness (QED) is 0.826. The molecule has 18 heavy (non-hydrogen) atoms. The molecule has 108 valence electrons. The first-order valence-corrected chi connectivity index (χ1v) is 6.64. The van der Waals surface area contributed by atoms with Gasteiger partial charge in [0, 0.05) is 18.6 Å².